The predicted octanol–water partition coefficient (Wildman–Crippen LogP) is 2.50. The Bertz CT molecular complexity index is 374. The molecule has 0 heterocycles. The Labute approximate surface area is 101 Å². The lowest BCUT2D eigenvalue weighted by molar-refractivity contribution is 0.0696. The van der Waals surface area contributed by atoms with E-state index in [4.69, 9.17) is 14.6 Å². The molecule has 0 bridgehead atoms. The molecule has 0 fully saturated rings. The zero-order valence-electron chi connectivity index (χ0n) is 10.2. The summed E-state index contributed by atoms with van der Waals surface area (Å²) in [4.78, 5) is 10.8. The number of hydrogen-bond donors (Lipinski definition) is 1. The number of benzene rings is 1. The van der Waals surface area contributed by atoms with Gasteiger partial charge in [-0.2, -0.15) is 0 Å². The quantitative estimate of drug-likeness (QED) is 0.741. The second kappa shape index (κ2) is 6.91. The lowest BCUT2D eigenvalue weighted by Crippen LogP contribution is -2.05. The summed E-state index contributed by atoms with van der Waals surface area (Å²) in [5.41, 5.74) is 1.18. The summed E-state index contributed by atoms with van der Waals surface area (Å²) in [5, 5.41) is 8.87. The SMILES string of the molecule is CCOCCCOc1cc(C(=O)O)ccc1C. The molecule has 0 atom stereocenters. The van der Waals surface area contributed by atoms with Crippen molar-refractivity contribution in [2.24, 2.45) is 0 Å². The van der Waals surface area contributed by atoms with Crippen LogP contribution in [0.15, 0.2) is 18.2 Å². The molecule has 1 rings (SSSR count). The van der Waals surface area contributed by atoms with E-state index in [1.807, 2.05) is 13.8 Å². The number of rotatable bonds is 7. The van der Waals surface area contributed by atoms with E-state index >= 15 is 0 Å². The smallest absolute Gasteiger partial charge is 0.335 e. The van der Waals surface area contributed by atoms with Crippen LogP contribution in [0.2, 0.25) is 0 Å². The minimum absolute atomic E-state index is 0.246. The maximum atomic E-state index is 10.8. The molecule has 0 saturated carbocycles. The molecule has 1 aromatic carbocycles. The molecule has 0 aliphatic heterocycles. The van der Waals surface area contributed by atoms with Crippen molar-refractivity contribution in [3.63, 3.8) is 0 Å². The number of aryl methyl sites for hydroxylation is 1. The van der Waals surface area contributed by atoms with Crippen LogP contribution in [0, 0.1) is 6.92 Å². The first-order chi connectivity index (χ1) is 8.15. The van der Waals surface area contributed by atoms with E-state index in [-0.39, 0.29) is 5.56 Å². The molecule has 4 heteroatoms. The first-order valence-electron chi connectivity index (χ1n) is 5.69. The molecule has 1 N–H and O–H groups in total. The minimum Gasteiger partial charge on any atom is -0.493 e. The summed E-state index contributed by atoms with van der Waals surface area (Å²) >= 11 is 0. The third-order valence-corrected chi connectivity index (χ3v) is 2.33. The molecule has 0 spiro atoms. The highest BCUT2D eigenvalue weighted by Gasteiger charge is 2.06. The minimum atomic E-state index is -0.941. The van der Waals surface area contributed by atoms with E-state index in [2.05, 4.69) is 0 Å². The zero-order valence-corrected chi connectivity index (χ0v) is 10.2. The van der Waals surface area contributed by atoms with Gasteiger partial charge in [-0.15, -0.1) is 0 Å². The van der Waals surface area contributed by atoms with Gasteiger partial charge >= 0.3 is 5.97 Å². The maximum Gasteiger partial charge on any atom is 0.335 e. The van der Waals surface area contributed by atoms with Gasteiger partial charge in [-0.1, -0.05) is 6.07 Å². The second-order valence-corrected chi connectivity index (χ2v) is 3.68. The Morgan fingerprint density at radius 3 is 2.76 bits per heavy atom. The largest absolute Gasteiger partial charge is 0.493 e. The molecule has 0 amide bonds. The number of aromatic carboxylic acids is 1. The van der Waals surface area contributed by atoms with Gasteiger partial charge in [0.15, 0.2) is 0 Å². The van der Waals surface area contributed by atoms with Gasteiger partial charge in [0.25, 0.3) is 0 Å². The standard InChI is InChI=1S/C13H18O4/c1-3-16-7-4-8-17-12-9-11(13(14)15)6-5-10(12)2/h5-6,9H,3-4,7-8H2,1-2H3,(H,14,15). The first-order valence-corrected chi connectivity index (χ1v) is 5.69. The summed E-state index contributed by atoms with van der Waals surface area (Å²) in [7, 11) is 0. The summed E-state index contributed by atoms with van der Waals surface area (Å²) < 4.78 is 10.7. The lowest BCUT2D eigenvalue weighted by Gasteiger charge is -2.09. The van der Waals surface area contributed by atoms with Crippen LogP contribution in [0.1, 0.15) is 29.3 Å². The van der Waals surface area contributed by atoms with Crippen LogP contribution in [0.5, 0.6) is 5.75 Å². The molecule has 0 saturated heterocycles. The van der Waals surface area contributed by atoms with Gasteiger partial charge in [0.2, 0.25) is 0 Å². The van der Waals surface area contributed by atoms with Crippen LogP contribution < -0.4 is 4.74 Å². The Balaban J connectivity index is 2.51. The molecule has 0 unspecified atom stereocenters. The number of ether oxygens (including phenoxy) is 2. The van der Waals surface area contributed by atoms with Gasteiger partial charge in [-0.3, -0.25) is 0 Å². The van der Waals surface area contributed by atoms with Crippen LogP contribution in [-0.4, -0.2) is 30.9 Å². The molecule has 4 nitrogen and oxygen atoms in total. The molecular formula is C13H18O4. The summed E-state index contributed by atoms with van der Waals surface area (Å²) in [6.45, 7) is 5.73. The van der Waals surface area contributed by atoms with E-state index in [1.165, 1.54) is 0 Å². The molecule has 0 aromatic heterocycles. The monoisotopic (exact) mass is 238 g/mol. The number of carbonyl (C=O) groups is 1. The van der Waals surface area contributed by atoms with Crippen molar-refractivity contribution in [2.45, 2.75) is 20.3 Å². The Hall–Kier alpha value is -1.55. The highest BCUT2D eigenvalue weighted by molar-refractivity contribution is 5.88. The predicted molar refractivity (Wildman–Crippen MR) is 64.7 cm³/mol. The van der Waals surface area contributed by atoms with Crippen LogP contribution in [-0.2, 0) is 4.74 Å². The average molecular weight is 238 g/mol. The van der Waals surface area contributed by atoms with Crippen molar-refractivity contribution in [1.82, 2.24) is 0 Å². The summed E-state index contributed by atoms with van der Waals surface area (Å²) in [6.07, 6.45) is 0.796. The topological polar surface area (TPSA) is 55.8 Å². The van der Waals surface area contributed by atoms with Gasteiger partial charge < -0.3 is 14.6 Å². The van der Waals surface area contributed by atoms with Crippen molar-refractivity contribution in [2.75, 3.05) is 19.8 Å². The van der Waals surface area contributed by atoms with Crippen LogP contribution in [0.25, 0.3) is 0 Å². The zero-order chi connectivity index (χ0) is 12.7. The second-order valence-electron chi connectivity index (χ2n) is 3.68. The third-order valence-electron chi connectivity index (χ3n) is 2.33. The van der Waals surface area contributed by atoms with E-state index in [9.17, 15) is 4.79 Å². The lowest BCUT2D eigenvalue weighted by atomic mass is 10.1. The average Bonchev–Trinajstić information content (AvgIpc) is 2.30. The first kappa shape index (κ1) is 13.5. The molecule has 1 aromatic rings. The van der Waals surface area contributed by atoms with Crippen LogP contribution >= 0.6 is 0 Å². The number of carboxylic acids is 1. The molecular weight excluding hydrogens is 220 g/mol. The highest BCUT2D eigenvalue weighted by atomic mass is 16.5. The van der Waals surface area contributed by atoms with Crippen LogP contribution in [0.3, 0.4) is 0 Å². The molecule has 0 aliphatic rings. The third kappa shape index (κ3) is 4.44. The van der Waals surface area contributed by atoms with Gasteiger partial charge in [-0.25, -0.2) is 4.79 Å². The number of hydrogen-bond acceptors (Lipinski definition) is 3. The van der Waals surface area contributed by atoms with E-state index < -0.39 is 5.97 Å². The van der Waals surface area contributed by atoms with Gasteiger partial charge in [-0.05, 0) is 31.5 Å². The van der Waals surface area contributed by atoms with E-state index in [0.29, 0.717) is 25.6 Å². The van der Waals surface area contributed by atoms with Gasteiger partial charge in [0.05, 0.1) is 12.2 Å². The van der Waals surface area contributed by atoms with Crippen molar-refractivity contribution in [1.29, 1.82) is 0 Å². The highest BCUT2D eigenvalue weighted by Crippen LogP contribution is 2.19. The fourth-order valence-corrected chi connectivity index (χ4v) is 1.38. The van der Waals surface area contributed by atoms with Crippen LogP contribution in [0.4, 0.5) is 0 Å². The van der Waals surface area contributed by atoms with Gasteiger partial charge in [0, 0.05) is 19.6 Å². The Morgan fingerprint density at radius 2 is 2.12 bits per heavy atom. The number of carboxylic acid groups (broad SMARTS) is 1. The van der Waals surface area contributed by atoms with Crippen molar-refractivity contribution >= 4 is 5.97 Å². The maximum absolute atomic E-state index is 10.8. The molecule has 0 aliphatic carbocycles. The Morgan fingerprint density at radius 1 is 1.35 bits per heavy atom. The summed E-state index contributed by atoms with van der Waals surface area (Å²) in [5.74, 6) is -0.314. The van der Waals surface area contributed by atoms with Crippen molar-refractivity contribution < 1.29 is 19.4 Å². The van der Waals surface area contributed by atoms with Crippen molar-refractivity contribution in [3.8, 4) is 5.75 Å². The van der Waals surface area contributed by atoms with Gasteiger partial charge in [0.1, 0.15) is 5.75 Å². The van der Waals surface area contributed by atoms with Crippen molar-refractivity contribution in [3.05, 3.63) is 29.3 Å². The fraction of sp³-hybridized carbons (Fsp3) is 0.462. The fourth-order valence-electron chi connectivity index (χ4n) is 1.38. The molecule has 17 heavy (non-hydrogen) atoms. The Kier molecular flexibility index (Phi) is 5.49. The molecule has 0 radical (unpaired) electrons. The van der Waals surface area contributed by atoms with E-state index in [1.54, 1.807) is 18.2 Å². The molecule has 94 valence electrons. The summed E-state index contributed by atoms with van der Waals surface area (Å²) in [6, 6.07) is 4.88. The normalized spacial score (nSPS) is 10.2. The van der Waals surface area contributed by atoms with E-state index in [0.717, 1.165) is 12.0 Å².